The topological polar surface area (TPSA) is 68.2 Å². The van der Waals surface area contributed by atoms with Crippen molar-refractivity contribution in [3.8, 4) is 6.07 Å². The average Bonchev–Trinajstić information content (AvgIpc) is 2.67. The summed E-state index contributed by atoms with van der Waals surface area (Å²) < 4.78 is 0. The summed E-state index contributed by atoms with van der Waals surface area (Å²) in [5.41, 5.74) is 2.02. The van der Waals surface area contributed by atoms with Crippen LogP contribution in [-0.2, 0) is 4.79 Å². The van der Waals surface area contributed by atoms with Crippen LogP contribution < -0.4 is 10.6 Å². The molecule has 5 heteroatoms. The highest BCUT2D eigenvalue weighted by molar-refractivity contribution is 5.93. The third-order valence-electron chi connectivity index (χ3n) is 3.46. The summed E-state index contributed by atoms with van der Waals surface area (Å²) in [5, 5.41) is 15.3. The maximum Gasteiger partial charge on any atom is 0.238 e. The molecular formula is C15H20N4O. The van der Waals surface area contributed by atoms with Crippen molar-refractivity contribution >= 4 is 11.6 Å². The van der Waals surface area contributed by atoms with E-state index in [9.17, 15) is 4.79 Å². The lowest BCUT2D eigenvalue weighted by Gasteiger charge is -2.19. The fraction of sp³-hybridized carbons (Fsp3) is 0.467. The SMILES string of the molecule is Cc1cccc(NC(=O)CN2CCCNCC2)c1C#N. The van der Waals surface area contributed by atoms with Crippen molar-refractivity contribution in [2.75, 3.05) is 38.0 Å². The first kappa shape index (κ1) is 14.5. The van der Waals surface area contributed by atoms with Gasteiger partial charge in [-0.15, -0.1) is 0 Å². The standard InChI is InChI=1S/C15H20N4O/c1-12-4-2-5-14(13(12)10-16)18-15(20)11-19-8-3-6-17-7-9-19/h2,4-5,17H,3,6-9,11H2,1H3,(H,18,20). The van der Waals surface area contributed by atoms with Gasteiger partial charge in [-0.05, 0) is 38.1 Å². The number of nitrogens with zero attached hydrogens (tertiary/aromatic N) is 2. The number of benzene rings is 1. The summed E-state index contributed by atoms with van der Waals surface area (Å²) >= 11 is 0. The van der Waals surface area contributed by atoms with Crippen molar-refractivity contribution in [2.24, 2.45) is 0 Å². The van der Waals surface area contributed by atoms with Gasteiger partial charge in [0, 0.05) is 13.1 Å². The van der Waals surface area contributed by atoms with E-state index in [1.54, 1.807) is 6.07 Å². The molecule has 1 heterocycles. The molecule has 1 aromatic rings. The normalized spacial score (nSPS) is 16.2. The second-order valence-corrected chi connectivity index (χ2v) is 5.04. The highest BCUT2D eigenvalue weighted by Gasteiger charge is 2.14. The number of aryl methyl sites for hydroxylation is 1. The molecule has 0 spiro atoms. The molecule has 5 nitrogen and oxygen atoms in total. The smallest absolute Gasteiger partial charge is 0.238 e. The van der Waals surface area contributed by atoms with Crippen LogP contribution in [-0.4, -0.2) is 43.5 Å². The Hall–Kier alpha value is -1.90. The quantitative estimate of drug-likeness (QED) is 0.864. The molecule has 0 radical (unpaired) electrons. The third-order valence-corrected chi connectivity index (χ3v) is 3.46. The number of anilines is 1. The summed E-state index contributed by atoms with van der Waals surface area (Å²) in [4.78, 5) is 14.2. The van der Waals surface area contributed by atoms with E-state index in [2.05, 4.69) is 21.6 Å². The number of nitrogens with one attached hydrogen (secondary N) is 2. The van der Waals surface area contributed by atoms with Crippen LogP contribution in [0.2, 0.25) is 0 Å². The molecule has 0 saturated carbocycles. The molecule has 0 bridgehead atoms. The maximum absolute atomic E-state index is 12.1. The van der Waals surface area contributed by atoms with Crippen molar-refractivity contribution < 1.29 is 4.79 Å². The first-order valence-electron chi connectivity index (χ1n) is 6.93. The number of hydrogen-bond acceptors (Lipinski definition) is 4. The van der Waals surface area contributed by atoms with Crippen LogP contribution >= 0.6 is 0 Å². The predicted octanol–water partition coefficient (Wildman–Crippen LogP) is 1.10. The van der Waals surface area contributed by atoms with Crippen LogP contribution in [0, 0.1) is 18.3 Å². The number of carbonyl (C=O) groups is 1. The summed E-state index contributed by atoms with van der Waals surface area (Å²) in [6.07, 6.45) is 1.06. The summed E-state index contributed by atoms with van der Waals surface area (Å²) in [6.45, 7) is 5.98. The highest BCUT2D eigenvalue weighted by Crippen LogP contribution is 2.18. The Morgan fingerprint density at radius 1 is 1.45 bits per heavy atom. The zero-order chi connectivity index (χ0) is 14.4. The average molecular weight is 272 g/mol. The second kappa shape index (κ2) is 7.04. The Bertz CT molecular complexity index is 513. The molecule has 1 aliphatic heterocycles. The van der Waals surface area contributed by atoms with Crippen LogP contribution in [0.5, 0.6) is 0 Å². The van der Waals surface area contributed by atoms with Crippen molar-refractivity contribution in [3.63, 3.8) is 0 Å². The first-order chi connectivity index (χ1) is 9.70. The predicted molar refractivity (Wildman–Crippen MR) is 78.5 cm³/mol. The summed E-state index contributed by atoms with van der Waals surface area (Å²) in [6, 6.07) is 7.63. The van der Waals surface area contributed by atoms with Gasteiger partial charge in [0.15, 0.2) is 0 Å². The van der Waals surface area contributed by atoms with Crippen molar-refractivity contribution in [1.29, 1.82) is 5.26 Å². The van der Waals surface area contributed by atoms with Crippen LogP contribution in [0.15, 0.2) is 18.2 Å². The molecule has 0 aliphatic carbocycles. The lowest BCUT2D eigenvalue weighted by atomic mass is 10.1. The molecule has 0 atom stereocenters. The Labute approximate surface area is 119 Å². The minimum absolute atomic E-state index is 0.0611. The van der Waals surface area contributed by atoms with E-state index in [1.807, 2.05) is 19.1 Å². The number of nitriles is 1. The Morgan fingerprint density at radius 2 is 2.30 bits per heavy atom. The van der Waals surface area contributed by atoms with Crippen LogP contribution in [0.25, 0.3) is 0 Å². The van der Waals surface area contributed by atoms with Crippen LogP contribution in [0.1, 0.15) is 17.5 Å². The van der Waals surface area contributed by atoms with Crippen molar-refractivity contribution in [1.82, 2.24) is 10.2 Å². The number of carbonyl (C=O) groups excluding carboxylic acids is 1. The lowest BCUT2D eigenvalue weighted by Crippen LogP contribution is -2.35. The Morgan fingerprint density at radius 3 is 3.10 bits per heavy atom. The zero-order valence-electron chi connectivity index (χ0n) is 11.8. The third kappa shape index (κ3) is 3.80. The molecule has 2 rings (SSSR count). The lowest BCUT2D eigenvalue weighted by molar-refractivity contribution is -0.117. The summed E-state index contributed by atoms with van der Waals surface area (Å²) in [5.74, 6) is -0.0611. The molecule has 1 aliphatic rings. The minimum Gasteiger partial charge on any atom is -0.324 e. The molecule has 106 valence electrons. The van der Waals surface area contributed by atoms with E-state index in [0.717, 1.165) is 38.2 Å². The largest absolute Gasteiger partial charge is 0.324 e. The van der Waals surface area contributed by atoms with Crippen molar-refractivity contribution in [3.05, 3.63) is 29.3 Å². The maximum atomic E-state index is 12.1. The van der Waals surface area contributed by atoms with E-state index in [0.29, 0.717) is 17.8 Å². The molecule has 1 fully saturated rings. The Kier molecular flexibility index (Phi) is 5.10. The van der Waals surface area contributed by atoms with Gasteiger partial charge in [-0.25, -0.2) is 0 Å². The van der Waals surface area contributed by atoms with Gasteiger partial charge in [0.2, 0.25) is 5.91 Å². The van der Waals surface area contributed by atoms with E-state index >= 15 is 0 Å². The zero-order valence-corrected chi connectivity index (χ0v) is 11.8. The summed E-state index contributed by atoms with van der Waals surface area (Å²) in [7, 11) is 0. The van der Waals surface area contributed by atoms with Gasteiger partial charge in [-0.3, -0.25) is 9.69 Å². The van der Waals surface area contributed by atoms with E-state index in [4.69, 9.17) is 5.26 Å². The minimum atomic E-state index is -0.0611. The van der Waals surface area contributed by atoms with E-state index in [1.165, 1.54) is 0 Å². The van der Waals surface area contributed by atoms with Crippen molar-refractivity contribution in [2.45, 2.75) is 13.3 Å². The highest BCUT2D eigenvalue weighted by atomic mass is 16.2. The van der Waals surface area contributed by atoms with Gasteiger partial charge < -0.3 is 10.6 Å². The fourth-order valence-corrected chi connectivity index (χ4v) is 2.37. The monoisotopic (exact) mass is 272 g/mol. The van der Waals surface area contributed by atoms with Gasteiger partial charge in [0.25, 0.3) is 0 Å². The molecule has 2 N–H and O–H groups in total. The van der Waals surface area contributed by atoms with E-state index in [-0.39, 0.29) is 5.91 Å². The molecular weight excluding hydrogens is 252 g/mol. The van der Waals surface area contributed by atoms with Gasteiger partial charge in [0.1, 0.15) is 6.07 Å². The molecule has 1 saturated heterocycles. The van der Waals surface area contributed by atoms with Gasteiger partial charge in [-0.2, -0.15) is 5.26 Å². The fourth-order valence-electron chi connectivity index (χ4n) is 2.37. The molecule has 1 aromatic carbocycles. The second-order valence-electron chi connectivity index (χ2n) is 5.04. The Balaban J connectivity index is 1.98. The number of rotatable bonds is 3. The van der Waals surface area contributed by atoms with Gasteiger partial charge in [0.05, 0.1) is 17.8 Å². The number of amides is 1. The molecule has 1 amide bonds. The molecule has 0 aromatic heterocycles. The van der Waals surface area contributed by atoms with Crippen LogP contribution in [0.4, 0.5) is 5.69 Å². The first-order valence-corrected chi connectivity index (χ1v) is 6.93. The van der Waals surface area contributed by atoms with Crippen LogP contribution in [0.3, 0.4) is 0 Å². The van der Waals surface area contributed by atoms with Gasteiger partial charge >= 0.3 is 0 Å². The number of hydrogen-bond donors (Lipinski definition) is 2. The molecule has 0 unspecified atom stereocenters. The molecule has 20 heavy (non-hydrogen) atoms. The van der Waals surface area contributed by atoms with E-state index < -0.39 is 0 Å². The van der Waals surface area contributed by atoms with Gasteiger partial charge in [-0.1, -0.05) is 12.1 Å².